The highest BCUT2D eigenvalue weighted by Crippen LogP contribution is 2.32. The maximum atomic E-state index is 11.8. The number of rotatable bonds is 4. The summed E-state index contributed by atoms with van der Waals surface area (Å²) < 4.78 is 11.5. The molecule has 3 heterocycles. The number of halogens is 2. The first kappa shape index (κ1) is 22.9. The monoisotopic (exact) mass is 620 g/mol. The fourth-order valence-corrected chi connectivity index (χ4v) is 2.71. The summed E-state index contributed by atoms with van der Waals surface area (Å²) in [5, 5.41) is 25.5. The van der Waals surface area contributed by atoms with Crippen LogP contribution in [0.1, 0.15) is 16.8 Å². The van der Waals surface area contributed by atoms with E-state index in [0.717, 1.165) is 0 Å². The number of carbonyl (C=O) groups excluding carboxylic acids is 2. The van der Waals surface area contributed by atoms with Gasteiger partial charge in [0.25, 0.3) is 5.91 Å². The fraction of sp³-hybridized carbons (Fsp3) is 0.500. The smallest absolute Gasteiger partial charge is 0.376 e. The van der Waals surface area contributed by atoms with Gasteiger partial charge in [0.1, 0.15) is 12.2 Å². The number of likely N-dealkylation sites (N-methyl/N-ethyl adjacent to an activating group) is 1. The lowest BCUT2D eigenvalue weighted by Crippen LogP contribution is -2.41. The van der Waals surface area contributed by atoms with Gasteiger partial charge >= 0.3 is 5.97 Å². The number of hydrogen-bond acceptors (Lipinski definition) is 10. The van der Waals surface area contributed by atoms with Crippen LogP contribution in [0.15, 0.2) is 6.33 Å². The number of methoxy groups -OCH3 is 1. The Bertz CT molecular complexity index is 864. The summed E-state index contributed by atoms with van der Waals surface area (Å²) in [6.45, 7) is 0. The molecule has 2 aromatic heterocycles. The van der Waals surface area contributed by atoms with Crippen molar-refractivity contribution in [1.29, 1.82) is 0 Å². The number of nitrogens with zero attached hydrogens (tertiary/aromatic N) is 4. The van der Waals surface area contributed by atoms with E-state index >= 15 is 0 Å². The Labute approximate surface area is 182 Å². The van der Waals surface area contributed by atoms with E-state index in [1.807, 2.05) is 0 Å². The van der Waals surface area contributed by atoms with Crippen molar-refractivity contribution in [1.82, 2.24) is 24.8 Å². The van der Waals surface area contributed by atoms with Gasteiger partial charge in [-0.2, -0.15) is 0 Å². The molecule has 14 heteroatoms. The molecule has 0 bridgehead atoms. The van der Waals surface area contributed by atoms with Crippen LogP contribution >= 0.6 is 37.2 Å². The minimum absolute atomic E-state index is 0.165. The zero-order valence-electron chi connectivity index (χ0n) is 15.0. The molecule has 1 fully saturated rings. The number of anilines is 1. The Kier molecular flexibility index (Phi) is 8.10. The third-order valence-electron chi connectivity index (χ3n) is 4.04. The van der Waals surface area contributed by atoms with Gasteiger partial charge in [0.2, 0.25) is 5.82 Å². The minimum atomic E-state index is -1.44. The SMILES string of the molecule is CNC(=O)[C@H]1OC(n2cnc3c(NC)nc(C(=O)OC)nc32)C(O)C1O.II. The lowest BCUT2D eigenvalue weighted by Gasteiger charge is -2.16. The molecular formula is C14H18I2N6O6. The molecule has 12 nitrogen and oxygen atoms in total. The number of nitrogens with one attached hydrogen (secondary N) is 2. The van der Waals surface area contributed by atoms with Crippen molar-refractivity contribution >= 4 is 66.1 Å². The average molecular weight is 620 g/mol. The summed E-state index contributed by atoms with van der Waals surface area (Å²) in [6.07, 6.45) is -3.94. The van der Waals surface area contributed by atoms with E-state index in [9.17, 15) is 19.8 Å². The minimum Gasteiger partial charge on any atom is -0.463 e. The molecule has 28 heavy (non-hydrogen) atoms. The Morgan fingerprint density at radius 2 is 1.93 bits per heavy atom. The molecule has 1 aliphatic heterocycles. The number of imidazole rings is 1. The van der Waals surface area contributed by atoms with Crippen LogP contribution in [-0.2, 0) is 14.3 Å². The number of amides is 1. The van der Waals surface area contributed by atoms with Crippen molar-refractivity contribution in [3.63, 3.8) is 0 Å². The molecule has 4 N–H and O–H groups in total. The predicted molar refractivity (Wildman–Crippen MR) is 114 cm³/mol. The molecule has 0 spiro atoms. The summed E-state index contributed by atoms with van der Waals surface area (Å²) in [5.41, 5.74) is 0.479. The average Bonchev–Trinajstić information content (AvgIpc) is 3.28. The van der Waals surface area contributed by atoms with Gasteiger partial charge in [-0.1, -0.05) is 0 Å². The maximum absolute atomic E-state index is 11.8. The first-order valence-electron chi connectivity index (χ1n) is 7.81. The standard InChI is InChI=1S/C14H18N6O6.I2/c1-15-9-5-11(19-10(18-9)14(24)25-3)20(4-17-5)13-7(22)6(21)8(26-13)12(23)16-2;1-2/h4,6-8,13,21-22H,1-3H3,(H,16,23)(H,15,18,19);/t6?,7?,8-,13?;/m0./s1. The van der Waals surface area contributed by atoms with Crippen molar-refractivity contribution in [3.05, 3.63) is 12.2 Å². The number of fused-ring (bicyclic) bond motifs is 1. The van der Waals surface area contributed by atoms with Gasteiger partial charge in [0.05, 0.1) is 13.4 Å². The van der Waals surface area contributed by atoms with Crippen LogP contribution in [0, 0.1) is 0 Å². The van der Waals surface area contributed by atoms with Gasteiger partial charge in [-0.3, -0.25) is 9.36 Å². The molecule has 0 saturated carbocycles. The van der Waals surface area contributed by atoms with Gasteiger partial charge in [-0.25, -0.2) is 19.7 Å². The van der Waals surface area contributed by atoms with Crippen LogP contribution in [0.25, 0.3) is 11.2 Å². The molecule has 0 aliphatic carbocycles. The first-order chi connectivity index (χ1) is 13.4. The van der Waals surface area contributed by atoms with Crippen LogP contribution in [0.3, 0.4) is 0 Å². The highest BCUT2D eigenvalue weighted by atomic mass is 128. The molecule has 1 amide bonds. The lowest BCUT2D eigenvalue weighted by atomic mass is 10.1. The van der Waals surface area contributed by atoms with Gasteiger partial charge in [-0.15, -0.1) is 0 Å². The molecule has 154 valence electrons. The normalized spacial score (nSPS) is 23.7. The van der Waals surface area contributed by atoms with E-state index < -0.39 is 36.4 Å². The molecule has 3 rings (SSSR count). The van der Waals surface area contributed by atoms with Gasteiger partial charge in [0.15, 0.2) is 29.3 Å². The highest BCUT2D eigenvalue weighted by molar-refractivity contribution is 15.0. The molecule has 4 atom stereocenters. The molecule has 0 aromatic carbocycles. The van der Waals surface area contributed by atoms with E-state index in [1.54, 1.807) is 7.05 Å². The summed E-state index contributed by atoms with van der Waals surface area (Å²) in [4.78, 5) is 35.9. The van der Waals surface area contributed by atoms with Crippen molar-refractivity contribution in [3.8, 4) is 0 Å². The zero-order valence-corrected chi connectivity index (χ0v) is 19.3. The van der Waals surface area contributed by atoms with E-state index in [1.165, 1.54) is 25.1 Å². The number of ether oxygens (including phenoxy) is 2. The Morgan fingerprint density at radius 1 is 1.25 bits per heavy atom. The third kappa shape index (κ3) is 4.14. The van der Waals surface area contributed by atoms with Crippen LogP contribution in [-0.4, -0.2) is 81.1 Å². The van der Waals surface area contributed by atoms with E-state index in [0.29, 0.717) is 5.52 Å². The van der Waals surface area contributed by atoms with Crippen LogP contribution in [0.4, 0.5) is 5.82 Å². The van der Waals surface area contributed by atoms with Gasteiger partial charge in [0, 0.05) is 51.3 Å². The number of esters is 1. The third-order valence-corrected chi connectivity index (χ3v) is 4.04. The lowest BCUT2D eigenvalue weighted by molar-refractivity contribution is -0.137. The predicted octanol–water partition coefficient (Wildman–Crippen LogP) is -0.209. The van der Waals surface area contributed by atoms with Crippen LogP contribution in [0.5, 0.6) is 0 Å². The number of aliphatic hydroxyl groups is 2. The van der Waals surface area contributed by atoms with Gasteiger partial charge in [-0.05, 0) is 0 Å². The number of hydrogen-bond donors (Lipinski definition) is 4. The Balaban J connectivity index is 0.00000136. The Morgan fingerprint density at radius 3 is 2.50 bits per heavy atom. The largest absolute Gasteiger partial charge is 0.463 e. The molecule has 3 unspecified atom stereocenters. The summed E-state index contributed by atoms with van der Waals surface area (Å²) >= 11 is 4.24. The van der Waals surface area contributed by atoms with Crippen LogP contribution < -0.4 is 10.6 Å². The molecule has 0 radical (unpaired) electrons. The van der Waals surface area contributed by atoms with E-state index in [2.05, 4.69) is 67.6 Å². The first-order valence-corrected chi connectivity index (χ1v) is 14.1. The van der Waals surface area contributed by atoms with Crippen molar-refractivity contribution < 1.29 is 29.3 Å². The molecule has 1 saturated heterocycles. The summed E-state index contributed by atoms with van der Waals surface area (Å²) in [7, 11) is 4.17. The quantitative estimate of drug-likeness (QED) is 0.266. The van der Waals surface area contributed by atoms with E-state index in [-0.39, 0.29) is 17.3 Å². The molecule has 1 aliphatic rings. The van der Waals surface area contributed by atoms with Crippen molar-refractivity contribution in [2.24, 2.45) is 0 Å². The second kappa shape index (κ2) is 9.90. The number of carbonyl (C=O) groups is 2. The second-order valence-corrected chi connectivity index (χ2v) is 5.50. The van der Waals surface area contributed by atoms with E-state index in [4.69, 9.17) is 4.74 Å². The zero-order chi connectivity index (χ0) is 21.0. The topological polar surface area (TPSA) is 161 Å². The number of aromatic nitrogens is 4. The fourth-order valence-electron chi connectivity index (χ4n) is 2.71. The number of aliphatic hydroxyl groups excluding tert-OH is 2. The second-order valence-electron chi connectivity index (χ2n) is 5.50. The highest BCUT2D eigenvalue weighted by Gasteiger charge is 2.47. The van der Waals surface area contributed by atoms with Crippen molar-refractivity contribution in [2.45, 2.75) is 24.5 Å². The van der Waals surface area contributed by atoms with Crippen molar-refractivity contribution in [2.75, 3.05) is 26.5 Å². The summed E-state index contributed by atoms with van der Waals surface area (Å²) in [5.74, 6) is -1.29. The van der Waals surface area contributed by atoms with Gasteiger partial charge < -0.3 is 30.3 Å². The maximum Gasteiger partial charge on any atom is 0.376 e. The summed E-state index contributed by atoms with van der Waals surface area (Å²) in [6, 6.07) is 0. The van der Waals surface area contributed by atoms with Crippen LogP contribution in [0.2, 0.25) is 0 Å². The molecule has 2 aromatic rings. The molecular weight excluding hydrogens is 602 g/mol. The Hall–Kier alpha value is -1.37.